The summed E-state index contributed by atoms with van der Waals surface area (Å²) in [4.78, 5) is 15.4. The lowest BCUT2D eigenvalue weighted by atomic mass is 9.95. The maximum absolute atomic E-state index is 13.6. The molecule has 35 heavy (non-hydrogen) atoms. The molecule has 0 saturated carbocycles. The summed E-state index contributed by atoms with van der Waals surface area (Å²) >= 11 is 6.22. The van der Waals surface area contributed by atoms with Gasteiger partial charge in [0.05, 0.1) is 20.3 Å². The van der Waals surface area contributed by atoms with Crippen LogP contribution in [0.25, 0.3) is 11.3 Å². The Labute approximate surface area is 207 Å². The molecule has 5 rings (SSSR count). The Balaban J connectivity index is 1.57. The van der Waals surface area contributed by atoms with E-state index < -0.39 is 6.04 Å². The normalized spacial score (nSPS) is 14.8. The summed E-state index contributed by atoms with van der Waals surface area (Å²) in [5.74, 6) is 1.36. The highest BCUT2D eigenvalue weighted by molar-refractivity contribution is 6.31. The number of aromatic amines is 1. The molecule has 0 saturated heterocycles. The molecule has 4 aromatic rings. The molecule has 0 aliphatic carbocycles. The summed E-state index contributed by atoms with van der Waals surface area (Å²) in [7, 11) is 3.24. The van der Waals surface area contributed by atoms with Crippen molar-refractivity contribution < 1.29 is 19.4 Å². The average Bonchev–Trinajstić information content (AvgIpc) is 3.43. The molecule has 1 aromatic heterocycles. The highest BCUT2D eigenvalue weighted by atomic mass is 35.5. The van der Waals surface area contributed by atoms with Crippen LogP contribution in [0.3, 0.4) is 0 Å². The minimum atomic E-state index is -0.419. The summed E-state index contributed by atoms with van der Waals surface area (Å²) in [6.07, 6.45) is 0.658. The zero-order valence-corrected chi connectivity index (χ0v) is 20.0. The molecule has 0 bridgehead atoms. The number of H-pyrrole nitrogens is 1. The van der Waals surface area contributed by atoms with Gasteiger partial charge in [0.25, 0.3) is 5.91 Å². The minimum Gasteiger partial charge on any atom is -0.507 e. The second kappa shape index (κ2) is 9.35. The van der Waals surface area contributed by atoms with Gasteiger partial charge in [-0.3, -0.25) is 9.89 Å². The lowest BCUT2D eigenvalue weighted by molar-refractivity contribution is 0.0745. The number of carbonyl (C=O) groups is 1. The fourth-order valence-corrected chi connectivity index (χ4v) is 4.70. The minimum absolute atomic E-state index is 0.0391. The van der Waals surface area contributed by atoms with Gasteiger partial charge in [0.15, 0.2) is 0 Å². The van der Waals surface area contributed by atoms with Crippen molar-refractivity contribution in [3.8, 4) is 28.5 Å². The average molecular weight is 490 g/mol. The largest absolute Gasteiger partial charge is 0.507 e. The van der Waals surface area contributed by atoms with Gasteiger partial charge in [-0.05, 0) is 60.0 Å². The highest BCUT2D eigenvalue weighted by Crippen LogP contribution is 2.45. The number of aromatic nitrogens is 2. The van der Waals surface area contributed by atoms with Gasteiger partial charge in [-0.15, -0.1) is 0 Å². The molecular weight excluding hydrogens is 466 g/mol. The molecule has 1 amide bonds. The van der Waals surface area contributed by atoms with E-state index in [-0.39, 0.29) is 11.7 Å². The number of amides is 1. The van der Waals surface area contributed by atoms with Gasteiger partial charge in [-0.2, -0.15) is 5.10 Å². The third kappa shape index (κ3) is 4.19. The number of carbonyl (C=O) groups excluding carboxylic acids is 1. The molecule has 2 heterocycles. The summed E-state index contributed by atoms with van der Waals surface area (Å²) < 4.78 is 10.7. The molecule has 3 aromatic carbocycles. The van der Waals surface area contributed by atoms with Gasteiger partial charge in [-0.1, -0.05) is 35.9 Å². The van der Waals surface area contributed by atoms with Crippen molar-refractivity contribution in [2.24, 2.45) is 0 Å². The van der Waals surface area contributed by atoms with Crippen molar-refractivity contribution in [1.29, 1.82) is 0 Å². The van der Waals surface area contributed by atoms with Crippen LogP contribution in [-0.2, 0) is 6.42 Å². The first kappa shape index (κ1) is 22.8. The first-order chi connectivity index (χ1) is 17.0. The number of benzene rings is 3. The van der Waals surface area contributed by atoms with Crippen LogP contribution in [0.1, 0.15) is 33.2 Å². The lowest BCUT2D eigenvalue weighted by Gasteiger charge is -2.27. The molecule has 1 atom stereocenters. The zero-order valence-electron chi connectivity index (χ0n) is 19.3. The predicted molar refractivity (Wildman–Crippen MR) is 133 cm³/mol. The molecule has 7 nitrogen and oxygen atoms in total. The van der Waals surface area contributed by atoms with Crippen molar-refractivity contribution >= 4 is 17.5 Å². The van der Waals surface area contributed by atoms with Crippen LogP contribution < -0.4 is 9.47 Å². The molecular formula is C27H24ClN3O4. The number of rotatable bonds is 7. The third-order valence-corrected chi connectivity index (χ3v) is 6.52. The number of methoxy groups -OCH3 is 2. The Morgan fingerprint density at radius 2 is 1.80 bits per heavy atom. The van der Waals surface area contributed by atoms with Crippen LogP contribution in [0.4, 0.5) is 0 Å². The van der Waals surface area contributed by atoms with Crippen molar-refractivity contribution in [3.63, 3.8) is 0 Å². The summed E-state index contributed by atoms with van der Waals surface area (Å²) in [6, 6.07) is 19.8. The van der Waals surface area contributed by atoms with E-state index in [2.05, 4.69) is 10.2 Å². The van der Waals surface area contributed by atoms with E-state index in [0.717, 1.165) is 16.9 Å². The van der Waals surface area contributed by atoms with E-state index in [1.54, 1.807) is 26.4 Å². The van der Waals surface area contributed by atoms with E-state index in [9.17, 15) is 9.90 Å². The number of nitrogens with one attached hydrogen (secondary N) is 1. The van der Waals surface area contributed by atoms with E-state index in [1.165, 1.54) is 6.07 Å². The van der Waals surface area contributed by atoms with Gasteiger partial charge in [0.2, 0.25) is 0 Å². The number of halogens is 1. The maximum Gasteiger partial charge on any atom is 0.273 e. The second-order valence-corrected chi connectivity index (χ2v) is 8.73. The van der Waals surface area contributed by atoms with Crippen molar-refractivity contribution in [1.82, 2.24) is 15.1 Å². The molecule has 1 aliphatic heterocycles. The summed E-state index contributed by atoms with van der Waals surface area (Å²) in [5, 5.41) is 18.4. The van der Waals surface area contributed by atoms with E-state index in [1.807, 2.05) is 53.4 Å². The number of fused-ring (bicyclic) bond motifs is 1. The van der Waals surface area contributed by atoms with Crippen molar-refractivity contribution in [2.75, 3.05) is 20.8 Å². The number of aromatic hydroxyl groups is 1. The maximum atomic E-state index is 13.6. The van der Waals surface area contributed by atoms with E-state index in [0.29, 0.717) is 46.3 Å². The number of phenolic OH excluding ortho intramolecular Hbond substituents is 1. The van der Waals surface area contributed by atoms with Crippen LogP contribution in [0.15, 0.2) is 66.7 Å². The summed E-state index contributed by atoms with van der Waals surface area (Å²) in [5.41, 5.74) is 4.04. The Hall–Kier alpha value is -3.97. The first-order valence-corrected chi connectivity index (χ1v) is 11.5. The topological polar surface area (TPSA) is 87.7 Å². The van der Waals surface area contributed by atoms with Crippen LogP contribution >= 0.6 is 11.6 Å². The monoisotopic (exact) mass is 489 g/mol. The molecule has 0 spiro atoms. The third-order valence-electron chi connectivity index (χ3n) is 6.29. The van der Waals surface area contributed by atoms with Gasteiger partial charge < -0.3 is 19.5 Å². The molecule has 1 aliphatic rings. The number of ether oxygens (including phenoxy) is 2. The number of nitrogens with zero attached hydrogens (tertiary/aromatic N) is 2. The van der Waals surface area contributed by atoms with Gasteiger partial charge in [0, 0.05) is 22.7 Å². The first-order valence-electron chi connectivity index (χ1n) is 11.1. The molecule has 1 unspecified atom stereocenters. The fraction of sp³-hybridized carbons (Fsp3) is 0.185. The highest BCUT2D eigenvalue weighted by Gasteiger charge is 2.42. The Morgan fingerprint density at radius 1 is 1.03 bits per heavy atom. The standard InChI is InChI=1S/C27H24ClN3O4/c1-34-19-9-6-16(7-10-19)12-13-31-26(17-4-3-5-20(14-17)35-2)23-24(29-30-25(23)27(31)33)21-15-18(28)8-11-22(21)32/h3-11,14-15,26,32H,12-13H2,1-2H3,(H,29,30). The van der Waals surface area contributed by atoms with E-state index >= 15 is 0 Å². The number of hydrogen-bond acceptors (Lipinski definition) is 5. The summed E-state index contributed by atoms with van der Waals surface area (Å²) in [6.45, 7) is 0.483. The van der Waals surface area contributed by atoms with Crippen molar-refractivity contribution in [3.05, 3.63) is 94.1 Å². The fourth-order valence-electron chi connectivity index (χ4n) is 4.53. The van der Waals surface area contributed by atoms with Gasteiger partial charge in [-0.25, -0.2) is 0 Å². The van der Waals surface area contributed by atoms with Crippen molar-refractivity contribution in [2.45, 2.75) is 12.5 Å². The molecule has 2 N–H and O–H groups in total. The SMILES string of the molecule is COc1ccc(CCN2C(=O)c3[nH]nc(-c4cc(Cl)ccc4O)c3C2c2cccc(OC)c2)cc1. The number of hydrogen-bond donors (Lipinski definition) is 2. The van der Waals surface area contributed by atoms with E-state index in [4.69, 9.17) is 21.1 Å². The Bertz CT molecular complexity index is 1380. The number of phenols is 1. The van der Waals surface area contributed by atoms with Crippen LogP contribution in [0.2, 0.25) is 5.02 Å². The van der Waals surface area contributed by atoms with Crippen LogP contribution in [0.5, 0.6) is 17.2 Å². The molecule has 8 heteroatoms. The van der Waals surface area contributed by atoms with Gasteiger partial charge >= 0.3 is 0 Å². The second-order valence-electron chi connectivity index (χ2n) is 8.30. The van der Waals surface area contributed by atoms with Crippen LogP contribution in [-0.4, -0.2) is 46.9 Å². The zero-order chi connectivity index (χ0) is 24.5. The molecule has 0 radical (unpaired) electrons. The van der Waals surface area contributed by atoms with Crippen LogP contribution in [0, 0.1) is 0 Å². The lowest BCUT2D eigenvalue weighted by Crippen LogP contribution is -2.31. The predicted octanol–water partition coefficient (Wildman–Crippen LogP) is 5.24. The molecule has 178 valence electrons. The van der Waals surface area contributed by atoms with Gasteiger partial charge in [0.1, 0.15) is 28.6 Å². The Kier molecular flexibility index (Phi) is 6.09. The Morgan fingerprint density at radius 3 is 2.54 bits per heavy atom. The smallest absolute Gasteiger partial charge is 0.273 e. The quantitative estimate of drug-likeness (QED) is 0.370. The molecule has 0 fully saturated rings.